The summed E-state index contributed by atoms with van der Waals surface area (Å²) in [7, 11) is 0. The maximum absolute atomic E-state index is 11.6. The second kappa shape index (κ2) is 4.64. The monoisotopic (exact) mass is 183 g/mol. The molecule has 1 fully saturated rings. The van der Waals surface area contributed by atoms with E-state index >= 15 is 0 Å². The van der Waals surface area contributed by atoms with Crippen LogP contribution in [0, 0.1) is 0 Å². The first kappa shape index (κ1) is 10.6. The van der Waals surface area contributed by atoms with Gasteiger partial charge in [0.15, 0.2) is 0 Å². The van der Waals surface area contributed by atoms with Crippen LogP contribution in [0.5, 0.6) is 0 Å². The Morgan fingerprint density at radius 3 is 2.77 bits per heavy atom. The van der Waals surface area contributed by atoms with Crippen LogP contribution in [0.15, 0.2) is 0 Å². The van der Waals surface area contributed by atoms with Crippen molar-refractivity contribution < 1.29 is 4.79 Å². The van der Waals surface area contributed by atoms with E-state index in [9.17, 15) is 4.79 Å². The molecule has 0 radical (unpaired) electrons. The van der Waals surface area contributed by atoms with Crippen molar-refractivity contribution in [3.63, 3.8) is 0 Å². The van der Waals surface area contributed by atoms with Gasteiger partial charge in [-0.15, -0.1) is 0 Å². The number of hydrogen-bond acceptors (Lipinski definition) is 1. The van der Waals surface area contributed by atoms with Gasteiger partial charge >= 0.3 is 0 Å². The molecule has 1 atom stereocenters. The van der Waals surface area contributed by atoms with E-state index in [-0.39, 0.29) is 0 Å². The molecule has 0 aromatic rings. The average molecular weight is 183 g/mol. The van der Waals surface area contributed by atoms with Gasteiger partial charge < -0.3 is 4.90 Å². The van der Waals surface area contributed by atoms with Crippen LogP contribution in [0.2, 0.25) is 0 Å². The minimum Gasteiger partial charge on any atom is -0.337 e. The van der Waals surface area contributed by atoms with E-state index in [4.69, 9.17) is 0 Å². The minimum absolute atomic E-state index is 0.361. The van der Waals surface area contributed by atoms with Gasteiger partial charge in [-0.1, -0.05) is 13.3 Å². The van der Waals surface area contributed by atoms with Gasteiger partial charge in [0.2, 0.25) is 5.91 Å². The zero-order valence-electron chi connectivity index (χ0n) is 9.05. The van der Waals surface area contributed by atoms with Gasteiger partial charge in [0, 0.05) is 18.5 Å². The molecule has 76 valence electrons. The summed E-state index contributed by atoms with van der Waals surface area (Å²) in [6, 6.07) is 0.899. The van der Waals surface area contributed by atoms with E-state index in [1.165, 1.54) is 19.3 Å². The van der Waals surface area contributed by atoms with Crippen LogP contribution in [-0.4, -0.2) is 22.9 Å². The molecule has 1 aliphatic rings. The Hall–Kier alpha value is -0.530. The number of carbonyl (C=O) groups excluding carboxylic acids is 1. The Balaban J connectivity index is 2.62. The van der Waals surface area contributed by atoms with Gasteiger partial charge in [0.25, 0.3) is 0 Å². The van der Waals surface area contributed by atoms with Crippen molar-refractivity contribution in [1.29, 1.82) is 0 Å². The Morgan fingerprint density at radius 1 is 1.54 bits per heavy atom. The SMILES string of the molecule is CCCC1CCCC(=O)N1C(C)C. The number of likely N-dealkylation sites (tertiary alicyclic amines) is 1. The maximum atomic E-state index is 11.6. The molecule has 2 nitrogen and oxygen atoms in total. The Kier molecular flexibility index (Phi) is 3.76. The number of carbonyl (C=O) groups is 1. The van der Waals surface area contributed by atoms with E-state index in [0.29, 0.717) is 18.0 Å². The molecular weight excluding hydrogens is 162 g/mol. The van der Waals surface area contributed by atoms with Crippen LogP contribution in [0.25, 0.3) is 0 Å². The summed E-state index contributed by atoms with van der Waals surface area (Å²) in [5.74, 6) is 0.361. The summed E-state index contributed by atoms with van der Waals surface area (Å²) in [5.41, 5.74) is 0. The van der Waals surface area contributed by atoms with Gasteiger partial charge in [-0.3, -0.25) is 4.79 Å². The normalized spacial score (nSPS) is 24.2. The summed E-state index contributed by atoms with van der Waals surface area (Å²) >= 11 is 0. The highest BCUT2D eigenvalue weighted by Crippen LogP contribution is 2.23. The van der Waals surface area contributed by atoms with E-state index in [2.05, 4.69) is 25.7 Å². The van der Waals surface area contributed by atoms with Crippen molar-refractivity contribution in [1.82, 2.24) is 4.90 Å². The van der Waals surface area contributed by atoms with Gasteiger partial charge in [0.05, 0.1) is 0 Å². The first-order valence-electron chi connectivity index (χ1n) is 5.48. The van der Waals surface area contributed by atoms with Crippen LogP contribution in [0.4, 0.5) is 0 Å². The molecule has 0 saturated carbocycles. The molecule has 13 heavy (non-hydrogen) atoms. The fraction of sp³-hybridized carbons (Fsp3) is 0.909. The highest BCUT2D eigenvalue weighted by Gasteiger charge is 2.28. The lowest BCUT2D eigenvalue weighted by atomic mass is 9.96. The summed E-state index contributed by atoms with van der Waals surface area (Å²) in [6.07, 6.45) is 5.41. The minimum atomic E-state index is 0.361. The summed E-state index contributed by atoms with van der Waals surface area (Å²) < 4.78 is 0. The van der Waals surface area contributed by atoms with E-state index in [1.807, 2.05) is 0 Å². The van der Waals surface area contributed by atoms with Crippen molar-refractivity contribution in [2.24, 2.45) is 0 Å². The smallest absolute Gasteiger partial charge is 0.223 e. The number of nitrogens with zero attached hydrogens (tertiary/aromatic N) is 1. The predicted molar refractivity (Wildman–Crippen MR) is 54.5 cm³/mol. The highest BCUT2D eigenvalue weighted by atomic mass is 16.2. The summed E-state index contributed by atoms with van der Waals surface area (Å²) in [4.78, 5) is 13.7. The molecule has 0 aliphatic carbocycles. The van der Waals surface area contributed by atoms with Crippen molar-refractivity contribution in [3.05, 3.63) is 0 Å². The molecule has 0 aromatic carbocycles. The lowest BCUT2D eigenvalue weighted by Gasteiger charge is -2.38. The van der Waals surface area contributed by atoms with E-state index in [1.54, 1.807) is 0 Å². The quantitative estimate of drug-likeness (QED) is 0.658. The zero-order valence-corrected chi connectivity index (χ0v) is 9.05. The Labute approximate surface area is 81.3 Å². The summed E-state index contributed by atoms with van der Waals surface area (Å²) in [5, 5.41) is 0. The van der Waals surface area contributed by atoms with Gasteiger partial charge in [-0.05, 0) is 33.1 Å². The standard InChI is InChI=1S/C11H21NO/c1-4-6-10-7-5-8-11(13)12(10)9(2)3/h9-10H,4-8H2,1-3H3. The van der Waals surface area contributed by atoms with Crippen LogP contribution >= 0.6 is 0 Å². The highest BCUT2D eigenvalue weighted by molar-refractivity contribution is 5.77. The van der Waals surface area contributed by atoms with Gasteiger partial charge in [0.1, 0.15) is 0 Å². The first-order chi connectivity index (χ1) is 6.16. The molecule has 0 bridgehead atoms. The molecule has 1 rings (SSSR count). The predicted octanol–water partition coefficient (Wildman–Crippen LogP) is 2.58. The van der Waals surface area contributed by atoms with Crippen LogP contribution in [0.1, 0.15) is 52.9 Å². The number of hydrogen-bond donors (Lipinski definition) is 0. The largest absolute Gasteiger partial charge is 0.337 e. The van der Waals surface area contributed by atoms with E-state index in [0.717, 1.165) is 12.8 Å². The third kappa shape index (κ3) is 2.45. The average Bonchev–Trinajstić information content (AvgIpc) is 2.04. The molecule has 1 unspecified atom stereocenters. The van der Waals surface area contributed by atoms with Crippen LogP contribution < -0.4 is 0 Å². The number of rotatable bonds is 3. The fourth-order valence-electron chi connectivity index (χ4n) is 2.29. The molecule has 1 heterocycles. The van der Waals surface area contributed by atoms with Gasteiger partial charge in [-0.25, -0.2) is 0 Å². The molecule has 1 aliphatic heterocycles. The van der Waals surface area contributed by atoms with Gasteiger partial charge in [-0.2, -0.15) is 0 Å². The molecule has 0 spiro atoms. The molecular formula is C11H21NO. The van der Waals surface area contributed by atoms with Crippen LogP contribution in [0.3, 0.4) is 0 Å². The fourth-order valence-corrected chi connectivity index (χ4v) is 2.29. The Morgan fingerprint density at radius 2 is 2.23 bits per heavy atom. The molecule has 1 amide bonds. The molecule has 2 heteroatoms. The Bertz CT molecular complexity index is 175. The molecule has 0 N–H and O–H groups in total. The number of amides is 1. The first-order valence-corrected chi connectivity index (χ1v) is 5.48. The zero-order chi connectivity index (χ0) is 9.84. The lowest BCUT2D eigenvalue weighted by Crippen LogP contribution is -2.47. The third-order valence-corrected chi connectivity index (χ3v) is 2.79. The number of piperidine rings is 1. The second-order valence-corrected chi connectivity index (χ2v) is 4.23. The summed E-state index contributed by atoms with van der Waals surface area (Å²) in [6.45, 7) is 6.43. The third-order valence-electron chi connectivity index (χ3n) is 2.79. The molecule has 1 saturated heterocycles. The molecule has 0 aromatic heterocycles. The van der Waals surface area contributed by atoms with Crippen molar-refractivity contribution in [2.75, 3.05) is 0 Å². The maximum Gasteiger partial charge on any atom is 0.223 e. The van der Waals surface area contributed by atoms with Crippen LogP contribution in [-0.2, 0) is 4.79 Å². The van der Waals surface area contributed by atoms with Crippen molar-refractivity contribution in [2.45, 2.75) is 65.0 Å². The van der Waals surface area contributed by atoms with Crippen molar-refractivity contribution >= 4 is 5.91 Å². The lowest BCUT2D eigenvalue weighted by molar-refractivity contribution is -0.138. The van der Waals surface area contributed by atoms with E-state index < -0.39 is 0 Å². The second-order valence-electron chi connectivity index (χ2n) is 4.23. The van der Waals surface area contributed by atoms with Crippen molar-refractivity contribution in [3.8, 4) is 0 Å². The topological polar surface area (TPSA) is 20.3 Å².